The van der Waals surface area contributed by atoms with E-state index in [1.54, 1.807) is 0 Å². The van der Waals surface area contributed by atoms with E-state index in [9.17, 15) is 9.90 Å². The zero-order chi connectivity index (χ0) is 25.0. The van der Waals surface area contributed by atoms with Gasteiger partial charge in [0, 0.05) is 16.5 Å². The molecule has 2 aromatic carbocycles. The topological polar surface area (TPSA) is 55.8 Å². The minimum atomic E-state index is -0.799. The third kappa shape index (κ3) is 4.59. The first-order valence-electron chi connectivity index (χ1n) is 12.3. The highest BCUT2D eigenvalue weighted by atomic mass is 35.5. The molecule has 2 aromatic rings. The van der Waals surface area contributed by atoms with Gasteiger partial charge in [-0.15, -0.1) is 0 Å². The molecule has 0 bridgehead atoms. The van der Waals surface area contributed by atoms with Gasteiger partial charge in [0.05, 0.1) is 18.1 Å². The van der Waals surface area contributed by atoms with Crippen LogP contribution in [0.15, 0.2) is 30.3 Å². The maximum Gasteiger partial charge on any atom is 0.309 e. The molecule has 4 nitrogen and oxygen atoms in total. The molecule has 0 unspecified atom stereocenters. The molecule has 5 heteroatoms. The molecule has 0 aromatic heterocycles. The van der Waals surface area contributed by atoms with Crippen molar-refractivity contribution in [2.45, 2.75) is 91.0 Å². The summed E-state index contributed by atoms with van der Waals surface area (Å²) < 4.78 is 13.1. The minimum absolute atomic E-state index is 0.0686. The van der Waals surface area contributed by atoms with E-state index in [1.807, 2.05) is 33.8 Å². The Balaban J connectivity index is 1.62. The highest BCUT2D eigenvalue weighted by Gasteiger charge is 2.52. The Hall–Kier alpha value is -2.04. The SMILES string of the molecule is Cc1cc2c(c(C)c1Cl)[C@H]1O[C@@H](CCc3ccc(C(C)(C)C)cc3)[C@H](C(=O)O)C[C@@H]1C(C)(C)O2. The summed E-state index contributed by atoms with van der Waals surface area (Å²) in [5, 5.41) is 10.8. The third-order valence-corrected chi connectivity index (χ3v) is 8.32. The number of halogens is 1. The van der Waals surface area contributed by atoms with Crippen molar-refractivity contribution in [2.24, 2.45) is 11.8 Å². The fraction of sp³-hybridized carbons (Fsp3) is 0.552. The molecule has 0 radical (unpaired) electrons. The van der Waals surface area contributed by atoms with Crippen molar-refractivity contribution in [3.63, 3.8) is 0 Å². The first kappa shape index (κ1) is 25.1. The van der Waals surface area contributed by atoms with Gasteiger partial charge in [0.2, 0.25) is 0 Å². The summed E-state index contributed by atoms with van der Waals surface area (Å²) in [6.07, 6.45) is 1.34. The molecule has 4 rings (SSSR count). The van der Waals surface area contributed by atoms with Crippen LogP contribution in [-0.2, 0) is 21.4 Å². The van der Waals surface area contributed by atoms with Crippen LogP contribution in [-0.4, -0.2) is 22.8 Å². The number of carbonyl (C=O) groups is 1. The molecule has 4 atom stereocenters. The summed E-state index contributed by atoms with van der Waals surface area (Å²) in [4.78, 5) is 12.3. The first-order valence-corrected chi connectivity index (χ1v) is 12.6. The van der Waals surface area contributed by atoms with Crippen LogP contribution in [0.4, 0.5) is 0 Å². The van der Waals surface area contributed by atoms with Gasteiger partial charge in [-0.2, -0.15) is 0 Å². The average molecular weight is 485 g/mol. The summed E-state index contributed by atoms with van der Waals surface area (Å²) in [7, 11) is 0. The Labute approximate surface area is 208 Å². The summed E-state index contributed by atoms with van der Waals surface area (Å²) in [6, 6.07) is 10.6. The van der Waals surface area contributed by atoms with Crippen LogP contribution in [0, 0.1) is 25.7 Å². The first-order chi connectivity index (χ1) is 15.8. The lowest BCUT2D eigenvalue weighted by Gasteiger charge is -2.51. The summed E-state index contributed by atoms with van der Waals surface area (Å²) in [5.41, 5.74) is 4.98. The lowest BCUT2D eigenvalue weighted by molar-refractivity contribution is -0.188. The number of rotatable bonds is 4. The number of carboxylic acid groups (broad SMARTS) is 1. The van der Waals surface area contributed by atoms with E-state index in [0.29, 0.717) is 12.8 Å². The van der Waals surface area contributed by atoms with E-state index in [0.717, 1.165) is 33.9 Å². The van der Waals surface area contributed by atoms with E-state index in [-0.39, 0.29) is 23.5 Å². The molecule has 0 amide bonds. The van der Waals surface area contributed by atoms with Crippen LogP contribution in [0.25, 0.3) is 0 Å². The molecular weight excluding hydrogens is 448 g/mol. The van der Waals surface area contributed by atoms with Crippen LogP contribution >= 0.6 is 11.6 Å². The number of ether oxygens (including phenoxy) is 2. The van der Waals surface area contributed by atoms with Crippen molar-refractivity contribution in [1.82, 2.24) is 0 Å². The normalized spacial score (nSPS) is 25.8. The summed E-state index contributed by atoms with van der Waals surface area (Å²) in [6.45, 7) is 14.7. The molecule has 2 aliphatic heterocycles. The highest BCUT2D eigenvalue weighted by Crippen LogP contribution is 2.54. The standard InChI is InChI=1S/C29H37ClO4/c1-16-14-23-24(17(2)25(16)30)26-21(29(6,7)34-23)15-20(27(31)32)22(33-26)13-10-18-8-11-19(12-9-18)28(3,4)5/h8-9,11-12,14,20-22,26H,10,13,15H2,1-7H3,(H,31,32)/t20-,21+,22+,26+/m1/s1. The lowest BCUT2D eigenvalue weighted by atomic mass is 9.70. The van der Waals surface area contributed by atoms with Crippen molar-refractivity contribution < 1.29 is 19.4 Å². The van der Waals surface area contributed by atoms with Gasteiger partial charge in [0.1, 0.15) is 11.4 Å². The van der Waals surface area contributed by atoms with E-state index in [1.165, 1.54) is 11.1 Å². The van der Waals surface area contributed by atoms with E-state index >= 15 is 0 Å². The number of carboxylic acids is 1. The van der Waals surface area contributed by atoms with Crippen molar-refractivity contribution >= 4 is 17.6 Å². The Morgan fingerprint density at radius 3 is 2.41 bits per heavy atom. The second kappa shape index (κ2) is 8.87. The van der Waals surface area contributed by atoms with Crippen LogP contribution in [0.1, 0.15) is 81.4 Å². The molecule has 0 spiro atoms. The fourth-order valence-electron chi connectivity index (χ4n) is 5.59. The second-order valence-corrected chi connectivity index (χ2v) is 12.0. The largest absolute Gasteiger partial charge is 0.487 e. The molecule has 1 saturated heterocycles. The summed E-state index contributed by atoms with van der Waals surface area (Å²) in [5.74, 6) is -0.635. The molecule has 2 aliphatic rings. The monoisotopic (exact) mass is 484 g/mol. The van der Waals surface area contributed by atoms with Gasteiger partial charge < -0.3 is 14.6 Å². The molecule has 0 aliphatic carbocycles. The Morgan fingerprint density at radius 1 is 1.18 bits per heavy atom. The van der Waals surface area contributed by atoms with Crippen LogP contribution < -0.4 is 4.74 Å². The van der Waals surface area contributed by atoms with Gasteiger partial charge in [-0.3, -0.25) is 4.79 Å². The predicted molar refractivity (Wildman–Crippen MR) is 136 cm³/mol. The average Bonchev–Trinajstić information content (AvgIpc) is 2.74. The number of benzene rings is 2. The molecule has 1 N–H and O–H groups in total. The fourth-order valence-corrected chi connectivity index (χ4v) is 5.74. The van der Waals surface area contributed by atoms with Crippen LogP contribution in [0.2, 0.25) is 5.02 Å². The van der Waals surface area contributed by atoms with E-state index < -0.39 is 17.5 Å². The zero-order valence-corrected chi connectivity index (χ0v) is 22.1. The Kier molecular flexibility index (Phi) is 6.54. The lowest BCUT2D eigenvalue weighted by Crippen LogP contribution is -2.52. The predicted octanol–water partition coefficient (Wildman–Crippen LogP) is 7.21. The smallest absolute Gasteiger partial charge is 0.309 e. The van der Waals surface area contributed by atoms with Gasteiger partial charge in [-0.1, -0.05) is 56.6 Å². The van der Waals surface area contributed by atoms with Crippen molar-refractivity contribution in [2.75, 3.05) is 0 Å². The third-order valence-electron chi connectivity index (χ3n) is 7.74. The Morgan fingerprint density at radius 2 is 1.82 bits per heavy atom. The van der Waals surface area contributed by atoms with Crippen molar-refractivity contribution in [1.29, 1.82) is 0 Å². The maximum atomic E-state index is 12.3. The quantitative estimate of drug-likeness (QED) is 0.498. The van der Waals surface area contributed by atoms with Gasteiger partial charge in [-0.05, 0) is 80.7 Å². The molecule has 0 saturated carbocycles. The number of aliphatic carboxylic acids is 1. The van der Waals surface area contributed by atoms with Gasteiger partial charge >= 0.3 is 5.97 Å². The number of aryl methyl sites for hydroxylation is 2. The summed E-state index contributed by atoms with van der Waals surface area (Å²) >= 11 is 6.61. The van der Waals surface area contributed by atoms with Gasteiger partial charge in [-0.25, -0.2) is 0 Å². The molecular formula is C29H37ClO4. The molecule has 1 fully saturated rings. The molecule has 2 heterocycles. The molecule has 34 heavy (non-hydrogen) atoms. The zero-order valence-electron chi connectivity index (χ0n) is 21.4. The van der Waals surface area contributed by atoms with Crippen LogP contribution in [0.3, 0.4) is 0 Å². The maximum absolute atomic E-state index is 12.3. The van der Waals surface area contributed by atoms with Crippen molar-refractivity contribution in [3.05, 3.63) is 63.2 Å². The highest BCUT2D eigenvalue weighted by molar-refractivity contribution is 6.32. The van der Waals surface area contributed by atoms with Gasteiger partial charge in [0.15, 0.2) is 0 Å². The van der Waals surface area contributed by atoms with Gasteiger partial charge in [0.25, 0.3) is 0 Å². The van der Waals surface area contributed by atoms with Crippen LogP contribution in [0.5, 0.6) is 5.75 Å². The van der Waals surface area contributed by atoms with E-state index in [2.05, 4.69) is 45.0 Å². The van der Waals surface area contributed by atoms with Crippen molar-refractivity contribution in [3.8, 4) is 5.75 Å². The molecule has 184 valence electrons. The minimum Gasteiger partial charge on any atom is -0.487 e. The van der Waals surface area contributed by atoms with E-state index in [4.69, 9.17) is 21.1 Å². The number of hydrogen-bond acceptors (Lipinski definition) is 3. The second-order valence-electron chi connectivity index (χ2n) is 11.6. The number of fused-ring (bicyclic) bond motifs is 3. The number of hydrogen-bond donors (Lipinski definition) is 1. The Bertz CT molecular complexity index is 1080.